The lowest BCUT2D eigenvalue weighted by Crippen LogP contribution is -2.09. The molecule has 28 heavy (non-hydrogen) atoms. The number of para-hydroxylation sites is 1. The molecule has 0 bridgehead atoms. The van der Waals surface area contributed by atoms with Crippen molar-refractivity contribution < 1.29 is 0 Å². The third-order valence-electron chi connectivity index (χ3n) is 6.80. The molecule has 7 rings (SSSR count). The molecule has 0 amide bonds. The van der Waals surface area contributed by atoms with E-state index in [2.05, 4.69) is 72.8 Å². The normalized spacial score (nSPS) is 17.2. The summed E-state index contributed by atoms with van der Waals surface area (Å²) in [5.41, 5.74) is 8.47. The number of pyridine rings is 1. The van der Waals surface area contributed by atoms with E-state index in [1.807, 2.05) is 0 Å². The SMILES string of the molecule is c1ccc2c(c1)ccc1c3c(ccc12)CCCC3c1c2nc3ccccc3c1-2. The van der Waals surface area contributed by atoms with Gasteiger partial charge in [-0.3, -0.25) is 0 Å². The van der Waals surface area contributed by atoms with Gasteiger partial charge in [-0.15, -0.1) is 0 Å². The van der Waals surface area contributed by atoms with Crippen LogP contribution in [0.4, 0.5) is 0 Å². The molecule has 1 atom stereocenters. The van der Waals surface area contributed by atoms with E-state index in [9.17, 15) is 0 Å². The summed E-state index contributed by atoms with van der Waals surface area (Å²) in [6.07, 6.45) is 3.70. The zero-order chi connectivity index (χ0) is 18.2. The van der Waals surface area contributed by atoms with Gasteiger partial charge in [0.2, 0.25) is 0 Å². The quantitative estimate of drug-likeness (QED) is 0.289. The Bertz CT molecular complexity index is 1440. The predicted octanol–water partition coefficient (Wildman–Crippen LogP) is 6.99. The summed E-state index contributed by atoms with van der Waals surface area (Å²) >= 11 is 0. The Morgan fingerprint density at radius 3 is 2.46 bits per heavy atom. The maximum absolute atomic E-state index is 4.93. The Balaban J connectivity index is 1.51. The van der Waals surface area contributed by atoms with Crippen LogP contribution in [0.15, 0.2) is 72.8 Å². The number of rotatable bonds is 1. The first-order valence-corrected chi connectivity index (χ1v) is 10.3. The summed E-state index contributed by atoms with van der Waals surface area (Å²) in [6, 6.07) is 26.7. The Hall–Kier alpha value is -3.19. The van der Waals surface area contributed by atoms with Crippen LogP contribution >= 0.6 is 0 Å². The first kappa shape index (κ1) is 14.8. The standard InChI is InChI=1S/C27H19N/c1-2-8-18-16(6-1)12-15-20-19(18)14-13-17-7-5-10-22(24(17)20)26-25-21-9-3-4-11-23(21)28-27(25)26/h1-4,6,8-9,11-15,22H,5,7,10H2. The molecule has 0 saturated heterocycles. The molecule has 1 heterocycles. The molecule has 1 nitrogen and oxygen atoms in total. The van der Waals surface area contributed by atoms with Gasteiger partial charge < -0.3 is 0 Å². The van der Waals surface area contributed by atoms with Crippen LogP contribution in [-0.4, -0.2) is 4.98 Å². The Kier molecular flexibility index (Phi) is 2.75. The average molecular weight is 357 g/mol. The highest BCUT2D eigenvalue weighted by Crippen LogP contribution is 2.56. The number of aryl methyl sites for hydroxylation is 1. The number of nitrogens with zero attached hydrogens (tertiary/aromatic N) is 1. The summed E-state index contributed by atoms with van der Waals surface area (Å²) in [6.45, 7) is 0. The summed E-state index contributed by atoms with van der Waals surface area (Å²) in [4.78, 5) is 4.93. The van der Waals surface area contributed by atoms with E-state index >= 15 is 0 Å². The minimum atomic E-state index is 0.496. The van der Waals surface area contributed by atoms with E-state index in [1.165, 1.54) is 68.6 Å². The van der Waals surface area contributed by atoms with Gasteiger partial charge in [0.05, 0.1) is 11.2 Å². The highest BCUT2D eigenvalue weighted by atomic mass is 14.8. The van der Waals surface area contributed by atoms with Crippen LogP contribution in [-0.2, 0) is 6.42 Å². The van der Waals surface area contributed by atoms with Gasteiger partial charge >= 0.3 is 0 Å². The molecule has 1 aliphatic heterocycles. The predicted molar refractivity (Wildman–Crippen MR) is 117 cm³/mol. The van der Waals surface area contributed by atoms with Crippen LogP contribution in [0.25, 0.3) is 43.7 Å². The summed E-state index contributed by atoms with van der Waals surface area (Å²) in [5.74, 6) is 0.496. The van der Waals surface area contributed by atoms with Crippen molar-refractivity contribution in [3.63, 3.8) is 0 Å². The Morgan fingerprint density at radius 2 is 1.50 bits per heavy atom. The first-order chi connectivity index (χ1) is 13.9. The van der Waals surface area contributed by atoms with Crippen LogP contribution in [0.2, 0.25) is 0 Å². The van der Waals surface area contributed by atoms with E-state index in [-0.39, 0.29) is 0 Å². The molecule has 0 radical (unpaired) electrons. The second-order valence-corrected chi connectivity index (χ2v) is 8.23. The van der Waals surface area contributed by atoms with E-state index in [0.717, 1.165) is 5.52 Å². The molecule has 0 saturated carbocycles. The molecule has 1 unspecified atom stereocenters. The molecule has 1 heteroatoms. The van der Waals surface area contributed by atoms with Gasteiger partial charge in [0, 0.05) is 16.9 Å². The fourth-order valence-corrected chi connectivity index (χ4v) is 5.54. The van der Waals surface area contributed by atoms with Gasteiger partial charge in [0.15, 0.2) is 0 Å². The summed E-state index contributed by atoms with van der Waals surface area (Å²) in [7, 11) is 0. The van der Waals surface area contributed by atoms with Crippen molar-refractivity contribution in [1.82, 2.24) is 4.98 Å². The van der Waals surface area contributed by atoms with Crippen LogP contribution in [0, 0.1) is 0 Å². The molecular weight excluding hydrogens is 338 g/mol. The number of aromatic nitrogens is 1. The molecule has 4 aromatic rings. The molecule has 0 N–H and O–H groups in total. The number of fused-ring (bicyclic) bond motifs is 8. The minimum absolute atomic E-state index is 0.496. The molecule has 3 aliphatic rings. The third-order valence-corrected chi connectivity index (χ3v) is 6.80. The molecular formula is C27H19N. The lowest BCUT2D eigenvalue weighted by Gasteiger charge is -2.26. The van der Waals surface area contributed by atoms with Gasteiger partial charge in [-0.25, -0.2) is 4.98 Å². The van der Waals surface area contributed by atoms with Crippen molar-refractivity contribution in [3.8, 4) is 11.3 Å². The third kappa shape index (κ3) is 1.84. The van der Waals surface area contributed by atoms with Crippen molar-refractivity contribution in [2.24, 2.45) is 0 Å². The van der Waals surface area contributed by atoms with Crippen LogP contribution < -0.4 is 0 Å². The van der Waals surface area contributed by atoms with Crippen LogP contribution in [0.1, 0.15) is 35.4 Å². The zero-order valence-corrected chi connectivity index (χ0v) is 15.6. The van der Waals surface area contributed by atoms with E-state index < -0.39 is 0 Å². The topological polar surface area (TPSA) is 12.9 Å². The number of benzene rings is 4. The first-order valence-electron chi connectivity index (χ1n) is 10.3. The molecule has 132 valence electrons. The van der Waals surface area contributed by atoms with Crippen molar-refractivity contribution >= 4 is 32.4 Å². The molecule has 0 fully saturated rings. The Labute approximate surface area is 163 Å². The van der Waals surface area contributed by atoms with Gasteiger partial charge in [0.1, 0.15) is 0 Å². The second-order valence-electron chi connectivity index (χ2n) is 8.23. The van der Waals surface area contributed by atoms with Gasteiger partial charge in [-0.1, -0.05) is 66.7 Å². The number of hydrogen-bond donors (Lipinski definition) is 0. The van der Waals surface area contributed by atoms with Gasteiger partial charge in [-0.05, 0) is 63.6 Å². The van der Waals surface area contributed by atoms with Crippen molar-refractivity contribution in [2.75, 3.05) is 0 Å². The van der Waals surface area contributed by atoms with E-state index in [4.69, 9.17) is 4.98 Å². The lowest BCUT2D eigenvalue weighted by molar-refractivity contribution is 0.628. The van der Waals surface area contributed by atoms with Crippen LogP contribution in [0.5, 0.6) is 0 Å². The molecule has 2 aliphatic carbocycles. The maximum atomic E-state index is 4.93. The Morgan fingerprint density at radius 1 is 0.679 bits per heavy atom. The largest absolute Gasteiger partial charge is 0.247 e. The second kappa shape index (κ2) is 5.20. The zero-order valence-electron chi connectivity index (χ0n) is 15.6. The van der Waals surface area contributed by atoms with Gasteiger partial charge in [-0.2, -0.15) is 0 Å². The van der Waals surface area contributed by atoms with Crippen LogP contribution in [0.3, 0.4) is 0 Å². The monoisotopic (exact) mass is 357 g/mol. The fourth-order valence-electron chi connectivity index (χ4n) is 5.54. The highest BCUT2D eigenvalue weighted by Gasteiger charge is 2.38. The van der Waals surface area contributed by atoms with E-state index in [0.29, 0.717) is 5.92 Å². The number of hydrogen-bond acceptors (Lipinski definition) is 1. The summed E-state index contributed by atoms with van der Waals surface area (Å²) < 4.78 is 0. The smallest absolute Gasteiger partial charge is 0.0765 e. The fraction of sp³-hybridized carbons (Fsp3) is 0.148. The molecule has 4 aromatic carbocycles. The minimum Gasteiger partial charge on any atom is -0.247 e. The molecule has 0 aromatic heterocycles. The van der Waals surface area contributed by atoms with E-state index in [1.54, 1.807) is 5.56 Å². The highest BCUT2D eigenvalue weighted by molar-refractivity contribution is 6.12. The van der Waals surface area contributed by atoms with Gasteiger partial charge in [0.25, 0.3) is 0 Å². The van der Waals surface area contributed by atoms with Crippen molar-refractivity contribution in [1.29, 1.82) is 0 Å². The maximum Gasteiger partial charge on any atom is 0.0765 e. The van der Waals surface area contributed by atoms with Crippen molar-refractivity contribution in [2.45, 2.75) is 25.2 Å². The summed E-state index contributed by atoms with van der Waals surface area (Å²) in [5, 5.41) is 6.86. The lowest BCUT2D eigenvalue weighted by atomic mass is 9.78. The average Bonchev–Trinajstić information content (AvgIpc) is 3.33. The van der Waals surface area contributed by atoms with Crippen molar-refractivity contribution in [3.05, 3.63) is 89.5 Å². The molecule has 0 spiro atoms.